The van der Waals surface area contributed by atoms with Crippen LogP contribution in [0.1, 0.15) is 44.2 Å². The van der Waals surface area contributed by atoms with E-state index in [4.69, 9.17) is 25.8 Å². The molecule has 1 aromatic rings. The van der Waals surface area contributed by atoms with Gasteiger partial charge in [0.25, 0.3) is 0 Å². The maximum atomic E-state index is 13.3. The van der Waals surface area contributed by atoms with Crippen LogP contribution in [0.5, 0.6) is 0 Å². The fourth-order valence-electron chi connectivity index (χ4n) is 5.58. The minimum absolute atomic E-state index is 0.0884. The van der Waals surface area contributed by atoms with Crippen molar-refractivity contribution in [1.29, 1.82) is 0 Å². The lowest BCUT2D eigenvalue weighted by atomic mass is 9.81. The highest BCUT2D eigenvalue weighted by molar-refractivity contribution is 6.21. The molecule has 5 rings (SSSR count). The van der Waals surface area contributed by atoms with E-state index in [2.05, 4.69) is 4.98 Å². The zero-order chi connectivity index (χ0) is 22.3. The number of carbonyl (C=O) groups is 1. The van der Waals surface area contributed by atoms with Gasteiger partial charge in [0.2, 0.25) is 11.8 Å². The average Bonchev–Trinajstić information content (AvgIpc) is 3.21. The summed E-state index contributed by atoms with van der Waals surface area (Å²) in [6.45, 7) is 1.56. The molecule has 2 aliphatic heterocycles. The van der Waals surface area contributed by atoms with Crippen LogP contribution in [-0.2, 0) is 24.6 Å². The van der Waals surface area contributed by atoms with E-state index in [0.29, 0.717) is 45.4 Å². The predicted molar refractivity (Wildman–Crippen MR) is 112 cm³/mol. The number of hydrogen-bond donors (Lipinski definition) is 0. The van der Waals surface area contributed by atoms with Gasteiger partial charge < -0.3 is 19.1 Å². The maximum absolute atomic E-state index is 13.3. The summed E-state index contributed by atoms with van der Waals surface area (Å²) >= 11 is 6.56. The van der Waals surface area contributed by atoms with Crippen LogP contribution < -0.4 is 0 Å². The molecular formula is C23H29ClF2N2O4. The molecule has 2 saturated carbocycles. The third-order valence-corrected chi connectivity index (χ3v) is 7.90. The smallest absolute Gasteiger partial charge is 0.248 e. The third-order valence-electron chi connectivity index (χ3n) is 7.44. The first-order chi connectivity index (χ1) is 15.4. The molecule has 3 unspecified atom stereocenters. The second kappa shape index (κ2) is 8.78. The van der Waals surface area contributed by atoms with Gasteiger partial charge in [0.1, 0.15) is 18.5 Å². The van der Waals surface area contributed by atoms with Crippen LogP contribution in [0.4, 0.5) is 8.78 Å². The molecule has 0 bridgehead atoms. The number of ether oxygens (including phenoxy) is 3. The number of aromatic nitrogens is 1. The van der Waals surface area contributed by atoms with Crippen molar-refractivity contribution in [3.05, 3.63) is 30.1 Å². The average molecular weight is 471 g/mol. The lowest BCUT2D eigenvalue weighted by Crippen LogP contribution is -2.55. The third kappa shape index (κ3) is 4.27. The van der Waals surface area contributed by atoms with Crippen molar-refractivity contribution >= 4 is 17.5 Å². The number of carbonyl (C=O) groups excluding carboxylic acids is 1. The number of piperidine rings is 1. The Morgan fingerprint density at radius 3 is 2.88 bits per heavy atom. The van der Waals surface area contributed by atoms with E-state index in [1.807, 2.05) is 23.1 Å². The molecule has 32 heavy (non-hydrogen) atoms. The Kier molecular flexibility index (Phi) is 6.16. The van der Waals surface area contributed by atoms with Gasteiger partial charge in [-0.25, -0.2) is 8.78 Å². The van der Waals surface area contributed by atoms with E-state index >= 15 is 0 Å². The Morgan fingerprint density at radius 2 is 2.16 bits per heavy atom. The van der Waals surface area contributed by atoms with Gasteiger partial charge in [0.05, 0.1) is 30.3 Å². The number of fused-ring (bicyclic) bond motifs is 1. The maximum Gasteiger partial charge on any atom is 0.248 e. The molecule has 176 valence electrons. The van der Waals surface area contributed by atoms with E-state index in [1.165, 1.54) is 0 Å². The van der Waals surface area contributed by atoms with Crippen molar-refractivity contribution in [2.24, 2.45) is 11.8 Å². The molecule has 4 aliphatic rings. The predicted octanol–water partition coefficient (Wildman–Crippen LogP) is 3.72. The van der Waals surface area contributed by atoms with E-state index in [1.54, 1.807) is 6.20 Å². The van der Waals surface area contributed by atoms with Crippen LogP contribution in [-0.4, -0.2) is 65.8 Å². The lowest BCUT2D eigenvalue weighted by molar-refractivity contribution is -0.147. The molecule has 0 aromatic carbocycles. The van der Waals surface area contributed by atoms with E-state index < -0.39 is 11.5 Å². The van der Waals surface area contributed by atoms with Gasteiger partial charge in [-0.1, -0.05) is 6.07 Å². The van der Waals surface area contributed by atoms with Crippen LogP contribution in [0, 0.1) is 11.8 Å². The highest BCUT2D eigenvalue weighted by atomic mass is 35.5. The second-order valence-electron chi connectivity index (χ2n) is 9.58. The molecule has 4 fully saturated rings. The quantitative estimate of drug-likeness (QED) is 0.614. The number of alkyl halides is 3. The molecule has 1 amide bonds. The highest BCUT2D eigenvalue weighted by Crippen LogP contribution is 2.44. The molecule has 1 aromatic heterocycles. The number of amides is 1. The Hall–Kier alpha value is -1.35. The summed E-state index contributed by atoms with van der Waals surface area (Å²) in [5.41, 5.74) is 0.244. The minimum Gasteiger partial charge on any atom is -0.376 e. The number of likely N-dealkylation sites (tertiary alicyclic amines) is 1. The van der Waals surface area contributed by atoms with Crippen molar-refractivity contribution < 1.29 is 27.8 Å². The van der Waals surface area contributed by atoms with Crippen LogP contribution in [0.15, 0.2) is 24.4 Å². The molecule has 5 atom stereocenters. The first-order valence-corrected chi connectivity index (χ1v) is 11.9. The topological polar surface area (TPSA) is 60.9 Å². The van der Waals surface area contributed by atoms with Gasteiger partial charge in [-0.2, -0.15) is 0 Å². The molecule has 3 heterocycles. The van der Waals surface area contributed by atoms with Crippen molar-refractivity contribution in [2.45, 2.75) is 67.6 Å². The first-order valence-electron chi connectivity index (χ1n) is 11.5. The van der Waals surface area contributed by atoms with Crippen LogP contribution >= 0.6 is 11.6 Å². The number of rotatable bonds is 5. The summed E-state index contributed by atoms with van der Waals surface area (Å²) in [6.07, 6.45) is 3.65. The normalized spacial score (nSPS) is 37.0. The summed E-state index contributed by atoms with van der Waals surface area (Å²) < 4.78 is 43.7. The summed E-state index contributed by atoms with van der Waals surface area (Å²) in [4.78, 5) is 19.6. The van der Waals surface area contributed by atoms with Gasteiger partial charge in [-0.15, -0.1) is 11.6 Å². The molecule has 2 aliphatic carbocycles. The lowest BCUT2D eigenvalue weighted by Gasteiger charge is -2.43. The van der Waals surface area contributed by atoms with Crippen LogP contribution in [0.25, 0.3) is 0 Å². The highest BCUT2D eigenvalue weighted by Gasteiger charge is 2.53. The van der Waals surface area contributed by atoms with Crippen molar-refractivity contribution in [3.8, 4) is 0 Å². The monoisotopic (exact) mass is 470 g/mol. The second-order valence-corrected chi connectivity index (χ2v) is 10.1. The Morgan fingerprint density at radius 1 is 1.31 bits per heavy atom. The van der Waals surface area contributed by atoms with Crippen molar-refractivity contribution in [3.63, 3.8) is 0 Å². The summed E-state index contributed by atoms with van der Waals surface area (Å²) in [5.74, 6) is -2.68. The number of halogens is 3. The Bertz CT molecular complexity index is 823. The Labute approximate surface area is 191 Å². The molecule has 6 nitrogen and oxygen atoms in total. The van der Waals surface area contributed by atoms with Gasteiger partial charge in [0, 0.05) is 37.9 Å². The van der Waals surface area contributed by atoms with Crippen LogP contribution in [0.2, 0.25) is 0 Å². The van der Waals surface area contributed by atoms with Gasteiger partial charge in [-0.3, -0.25) is 9.78 Å². The Balaban J connectivity index is 1.14. The molecule has 9 heteroatoms. The van der Waals surface area contributed by atoms with E-state index in [-0.39, 0.29) is 55.0 Å². The SMILES string of the molecule is O=C(C1CCC(OCC2CC(F)(F)C2)C(Cl)C1)N1CC[C@@]2(c3ccccn3)OCO[C@H]2C1. The molecule has 0 radical (unpaired) electrons. The first kappa shape index (κ1) is 22.4. The molecule has 0 N–H and O–H groups in total. The minimum atomic E-state index is -2.53. The van der Waals surface area contributed by atoms with Crippen molar-refractivity contribution in [1.82, 2.24) is 9.88 Å². The molecule has 2 saturated heterocycles. The summed E-state index contributed by atoms with van der Waals surface area (Å²) in [7, 11) is 0. The van der Waals surface area contributed by atoms with E-state index in [9.17, 15) is 13.6 Å². The largest absolute Gasteiger partial charge is 0.376 e. The fourth-order valence-corrected chi connectivity index (χ4v) is 5.99. The zero-order valence-electron chi connectivity index (χ0n) is 17.9. The number of pyridine rings is 1. The number of nitrogens with zero attached hydrogens (tertiary/aromatic N) is 2. The van der Waals surface area contributed by atoms with Gasteiger partial charge in [-0.05, 0) is 37.3 Å². The van der Waals surface area contributed by atoms with Crippen molar-refractivity contribution in [2.75, 3.05) is 26.5 Å². The van der Waals surface area contributed by atoms with Gasteiger partial charge in [0.15, 0.2) is 0 Å². The fraction of sp³-hybridized carbons (Fsp3) is 0.739. The molecule has 0 spiro atoms. The molecular weight excluding hydrogens is 442 g/mol. The van der Waals surface area contributed by atoms with E-state index in [0.717, 1.165) is 5.69 Å². The van der Waals surface area contributed by atoms with Crippen LogP contribution in [0.3, 0.4) is 0 Å². The number of hydrogen-bond acceptors (Lipinski definition) is 5. The zero-order valence-corrected chi connectivity index (χ0v) is 18.7. The summed E-state index contributed by atoms with van der Waals surface area (Å²) in [5, 5.41) is -0.290. The standard InChI is InChI=1S/C23H29ClF2N2O4/c24-17-9-16(4-5-18(17)30-13-15-10-22(25,26)11-15)21(29)28-8-6-23(19-3-1-2-7-27-19)20(12-28)31-14-32-23/h1-3,7,15-18,20H,4-6,8-14H2/t16?,17?,18?,20-,23-/m0/s1. The van der Waals surface area contributed by atoms with Gasteiger partial charge >= 0.3 is 0 Å². The summed E-state index contributed by atoms with van der Waals surface area (Å²) in [6, 6.07) is 5.75.